The molecule has 0 saturated carbocycles. The summed E-state index contributed by atoms with van der Waals surface area (Å²) >= 11 is 0. The molecule has 8 nitrogen and oxygen atoms in total. The highest BCUT2D eigenvalue weighted by atomic mass is 16.5. The Bertz CT molecular complexity index is 1020. The van der Waals surface area contributed by atoms with Crippen LogP contribution >= 0.6 is 0 Å². The predicted octanol–water partition coefficient (Wildman–Crippen LogP) is 3.66. The van der Waals surface area contributed by atoms with E-state index < -0.39 is 0 Å². The Morgan fingerprint density at radius 1 is 1.27 bits per heavy atom. The summed E-state index contributed by atoms with van der Waals surface area (Å²) in [5, 5.41) is 0. The van der Waals surface area contributed by atoms with Crippen molar-refractivity contribution in [2.45, 2.75) is 26.8 Å². The minimum Gasteiger partial charge on any atom is -0.383 e. The number of nitrogens with zero attached hydrogens (tertiary/aromatic N) is 5. The first-order valence-corrected chi connectivity index (χ1v) is 11.2. The molecule has 8 heteroatoms. The Balaban J connectivity index is 1.90. The van der Waals surface area contributed by atoms with E-state index in [0.717, 1.165) is 23.5 Å². The third kappa shape index (κ3) is 6.69. The van der Waals surface area contributed by atoms with Crippen molar-refractivity contribution in [1.82, 2.24) is 14.8 Å². The fourth-order valence-corrected chi connectivity index (χ4v) is 3.49. The lowest BCUT2D eigenvalue weighted by atomic mass is 10.1. The third-order valence-corrected chi connectivity index (χ3v) is 5.28. The molecule has 1 aromatic carbocycles. The molecule has 33 heavy (non-hydrogen) atoms. The average molecular weight is 452 g/mol. The molecule has 176 valence electrons. The zero-order chi connectivity index (χ0) is 23.8. The molecular formula is C25H33N5O3. The normalized spacial score (nSPS) is 16.5. The second-order valence-electron chi connectivity index (χ2n) is 8.27. The quantitative estimate of drug-likeness (QED) is 0.495. The molecule has 0 bridgehead atoms. The monoisotopic (exact) mass is 451 g/mol. The van der Waals surface area contributed by atoms with Crippen molar-refractivity contribution in [3.05, 3.63) is 48.0 Å². The van der Waals surface area contributed by atoms with Gasteiger partial charge < -0.3 is 19.3 Å². The van der Waals surface area contributed by atoms with E-state index in [4.69, 9.17) is 19.5 Å². The molecule has 2 heterocycles. The number of aliphatic imine (C=N–C) groups is 2. The van der Waals surface area contributed by atoms with E-state index in [2.05, 4.69) is 16.8 Å². The van der Waals surface area contributed by atoms with Crippen LogP contribution in [0.5, 0.6) is 0 Å². The number of amides is 1. The number of guanidine groups is 1. The van der Waals surface area contributed by atoms with Crippen LogP contribution in [-0.2, 0) is 9.47 Å². The van der Waals surface area contributed by atoms with Gasteiger partial charge in [-0.1, -0.05) is 18.2 Å². The maximum absolute atomic E-state index is 12.8. The Labute approximate surface area is 196 Å². The van der Waals surface area contributed by atoms with E-state index in [1.165, 1.54) is 0 Å². The van der Waals surface area contributed by atoms with Gasteiger partial charge >= 0.3 is 0 Å². The van der Waals surface area contributed by atoms with E-state index in [0.29, 0.717) is 43.7 Å². The molecule has 1 amide bonds. The second kappa shape index (κ2) is 11.7. The molecule has 3 rings (SSSR count). The van der Waals surface area contributed by atoms with Crippen molar-refractivity contribution in [3.63, 3.8) is 0 Å². The SMILES string of the molecule is COCCN(C)C(=O)c1cccc(-c2cccc(/N=C(\N=C(C)C)N3CCOC[C@@H]3C)n2)c1. The number of rotatable bonds is 6. The van der Waals surface area contributed by atoms with Crippen molar-refractivity contribution < 1.29 is 14.3 Å². The van der Waals surface area contributed by atoms with Gasteiger partial charge in [-0.15, -0.1) is 0 Å². The summed E-state index contributed by atoms with van der Waals surface area (Å²) in [7, 11) is 3.39. The maximum atomic E-state index is 12.8. The first-order chi connectivity index (χ1) is 15.9. The Kier molecular flexibility index (Phi) is 8.68. The lowest BCUT2D eigenvalue weighted by Crippen LogP contribution is -2.46. The van der Waals surface area contributed by atoms with E-state index in [1.54, 1.807) is 19.1 Å². The molecule has 2 aromatic rings. The standard InChI is InChI=1S/C25H33N5O3/c1-18(2)26-25(30-13-15-33-17-19(30)3)28-23-11-7-10-22(27-23)20-8-6-9-21(16-20)24(31)29(4)12-14-32-5/h6-11,16,19H,12-15,17H2,1-5H3/b28-25+/t19-/m0/s1. The van der Waals surface area contributed by atoms with Crippen molar-refractivity contribution in [1.29, 1.82) is 0 Å². The summed E-state index contributed by atoms with van der Waals surface area (Å²) < 4.78 is 10.6. The first kappa shape index (κ1) is 24.5. The summed E-state index contributed by atoms with van der Waals surface area (Å²) in [5.41, 5.74) is 3.13. The van der Waals surface area contributed by atoms with Crippen LogP contribution < -0.4 is 0 Å². The van der Waals surface area contributed by atoms with E-state index in [-0.39, 0.29) is 11.9 Å². The highest BCUT2D eigenvalue weighted by molar-refractivity contribution is 5.96. The number of pyridine rings is 1. The van der Waals surface area contributed by atoms with Gasteiger partial charge in [-0.25, -0.2) is 9.98 Å². The fraction of sp³-hybridized carbons (Fsp3) is 0.440. The van der Waals surface area contributed by atoms with Gasteiger partial charge in [-0.2, -0.15) is 4.99 Å². The van der Waals surface area contributed by atoms with Crippen LogP contribution in [0.2, 0.25) is 0 Å². The number of hydrogen-bond donors (Lipinski definition) is 0. The van der Waals surface area contributed by atoms with Crippen LogP contribution in [0.15, 0.2) is 52.4 Å². The summed E-state index contributed by atoms with van der Waals surface area (Å²) in [5.74, 6) is 1.15. The van der Waals surface area contributed by atoms with E-state index in [9.17, 15) is 4.79 Å². The van der Waals surface area contributed by atoms with Crippen LogP contribution in [0.25, 0.3) is 11.3 Å². The number of ether oxygens (including phenoxy) is 2. The van der Waals surface area contributed by atoms with E-state index >= 15 is 0 Å². The molecule has 1 fully saturated rings. The highest BCUT2D eigenvalue weighted by Gasteiger charge is 2.22. The Morgan fingerprint density at radius 2 is 2.06 bits per heavy atom. The first-order valence-electron chi connectivity index (χ1n) is 11.2. The van der Waals surface area contributed by atoms with Crippen LogP contribution in [0.1, 0.15) is 31.1 Å². The van der Waals surface area contributed by atoms with Gasteiger partial charge in [-0.3, -0.25) is 4.79 Å². The smallest absolute Gasteiger partial charge is 0.253 e. The van der Waals surface area contributed by atoms with Crippen molar-refractivity contribution in [2.75, 3.05) is 47.1 Å². The lowest BCUT2D eigenvalue weighted by molar-refractivity contribution is 0.0327. The number of carbonyl (C=O) groups is 1. The Morgan fingerprint density at radius 3 is 2.79 bits per heavy atom. The van der Waals surface area contributed by atoms with Gasteiger partial charge in [0.15, 0.2) is 5.82 Å². The summed E-state index contributed by atoms with van der Waals surface area (Å²) in [6.07, 6.45) is 0. The second-order valence-corrected chi connectivity index (χ2v) is 8.27. The number of aromatic nitrogens is 1. The van der Waals surface area contributed by atoms with Crippen molar-refractivity contribution in [2.24, 2.45) is 9.98 Å². The van der Waals surface area contributed by atoms with Gasteiger partial charge in [-0.05, 0) is 45.0 Å². The summed E-state index contributed by atoms with van der Waals surface area (Å²) in [6.45, 7) is 9.06. The minimum absolute atomic E-state index is 0.0561. The average Bonchev–Trinajstić information content (AvgIpc) is 2.82. The summed E-state index contributed by atoms with van der Waals surface area (Å²) in [6, 6.07) is 13.4. The molecule has 1 atom stereocenters. The minimum atomic E-state index is -0.0561. The molecule has 0 spiro atoms. The predicted molar refractivity (Wildman–Crippen MR) is 131 cm³/mol. The summed E-state index contributed by atoms with van der Waals surface area (Å²) in [4.78, 5) is 30.7. The van der Waals surface area contributed by atoms with Gasteiger partial charge in [0, 0.05) is 44.1 Å². The van der Waals surface area contributed by atoms with Gasteiger partial charge in [0.1, 0.15) is 0 Å². The molecule has 1 aromatic heterocycles. The lowest BCUT2D eigenvalue weighted by Gasteiger charge is -2.34. The number of methoxy groups -OCH3 is 1. The fourth-order valence-electron chi connectivity index (χ4n) is 3.49. The maximum Gasteiger partial charge on any atom is 0.253 e. The van der Waals surface area contributed by atoms with Gasteiger partial charge in [0.05, 0.1) is 31.6 Å². The number of morpholine rings is 1. The van der Waals surface area contributed by atoms with Gasteiger partial charge in [0.25, 0.3) is 5.91 Å². The zero-order valence-electron chi connectivity index (χ0n) is 20.1. The molecule has 1 saturated heterocycles. The van der Waals surface area contributed by atoms with Crippen molar-refractivity contribution >= 4 is 23.4 Å². The topological polar surface area (TPSA) is 79.6 Å². The molecule has 0 radical (unpaired) electrons. The molecule has 0 unspecified atom stereocenters. The number of carbonyl (C=O) groups excluding carboxylic acids is 1. The number of likely N-dealkylation sites (N-methyl/N-ethyl adjacent to an activating group) is 1. The Hall–Kier alpha value is -3.10. The molecular weight excluding hydrogens is 418 g/mol. The molecule has 1 aliphatic rings. The largest absolute Gasteiger partial charge is 0.383 e. The van der Waals surface area contributed by atoms with Crippen LogP contribution in [0.3, 0.4) is 0 Å². The number of benzene rings is 1. The molecule has 0 N–H and O–H groups in total. The van der Waals surface area contributed by atoms with Crippen molar-refractivity contribution in [3.8, 4) is 11.3 Å². The van der Waals surface area contributed by atoms with Crippen LogP contribution in [0, 0.1) is 0 Å². The molecule has 1 aliphatic heterocycles. The third-order valence-electron chi connectivity index (χ3n) is 5.28. The highest BCUT2D eigenvalue weighted by Crippen LogP contribution is 2.23. The van der Waals surface area contributed by atoms with Crippen LogP contribution in [-0.4, -0.2) is 85.5 Å². The number of hydrogen-bond acceptors (Lipinski definition) is 5. The zero-order valence-corrected chi connectivity index (χ0v) is 20.1. The van der Waals surface area contributed by atoms with Crippen LogP contribution in [0.4, 0.5) is 5.82 Å². The molecule has 0 aliphatic carbocycles. The van der Waals surface area contributed by atoms with E-state index in [1.807, 2.05) is 56.3 Å². The van der Waals surface area contributed by atoms with Gasteiger partial charge in [0.2, 0.25) is 5.96 Å².